The lowest BCUT2D eigenvalue weighted by Gasteiger charge is -2.13. The van der Waals surface area contributed by atoms with Crippen molar-refractivity contribution in [2.24, 2.45) is 11.8 Å². The van der Waals surface area contributed by atoms with Crippen molar-refractivity contribution < 1.29 is 9.53 Å². The van der Waals surface area contributed by atoms with Crippen molar-refractivity contribution >= 4 is 5.97 Å². The summed E-state index contributed by atoms with van der Waals surface area (Å²) in [6, 6.07) is 0. The molecule has 0 aliphatic heterocycles. The van der Waals surface area contributed by atoms with Gasteiger partial charge in [-0.2, -0.15) is 0 Å². The molecule has 1 atom stereocenters. The van der Waals surface area contributed by atoms with Crippen LogP contribution in [-0.2, 0) is 9.53 Å². The summed E-state index contributed by atoms with van der Waals surface area (Å²) in [5.41, 5.74) is 0. The molecular formula is C10H18O2. The van der Waals surface area contributed by atoms with Gasteiger partial charge in [-0.15, -0.1) is 0 Å². The predicted octanol–water partition coefficient (Wildman–Crippen LogP) is 2.40. The number of allylic oxidation sites excluding steroid dienone is 1. The topological polar surface area (TPSA) is 26.3 Å². The minimum atomic E-state index is -0.144. The first-order chi connectivity index (χ1) is 5.63. The molecule has 0 aliphatic carbocycles. The van der Waals surface area contributed by atoms with Crippen molar-refractivity contribution in [2.75, 3.05) is 7.11 Å². The quantitative estimate of drug-likeness (QED) is 0.478. The molecule has 70 valence electrons. The number of carbonyl (C=O) groups excluding carboxylic acids is 1. The maximum absolute atomic E-state index is 11.2. The molecule has 0 aromatic carbocycles. The highest BCUT2D eigenvalue weighted by Gasteiger charge is 2.18. The lowest BCUT2D eigenvalue weighted by atomic mass is 9.95. The summed E-state index contributed by atoms with van der Waals surface area (Å²) < 4.78 is 4.68. The van der Waals surface area contributed by atoms with Gasteiger partial charge in [-0.25, -0.2) is 0 Å². The Morgan fingerprint density at radius 2 is 2.08 bits per heavy atom. The number of esters is 1. The molecule has 0 heterocycles. The molecule has 0 saturated heterocycles. The van der Waals surface area contributed by atoms with E-state index in [1.165, 1.54) is 7.11 Å². The fraction of sp³-hybridized carbons (Fsp3) is 0.700. The molecular weight excluding hydrogens is 152 g/mol. The second kappa shape index (κ2) is 5.81. The Bertz CT molecular complexity index is 159. The summed E-state index contributed by atoms with van der Waals surface area (Å²) in [5, 5.41) is 0. The van der Waals surface area contributed by atoms with Crippen molar-refractivity contribution in [3.05, 3.63) is 12.2 Å². The van der Waals surface area contributed by atoms with E-state index in [1.54, 1.807) is 0 Å². The Morgan fingerprint density at radius 1 is 1.50 bits per heavy atom. The molecule has 0 spiro atoms. The minimum absolute atomic E-state index is 0.0880. The molecule has 1 unspecified atom stereocenters. The summed E-state index contributed by atoms with van der Waals surface area (Å²) in [7, 11) is 1.43. The normalized spacial score (nSPS) is 13.8. The molecule has 2 heteroatoms. The van der Waals surface area contributed by atoms with E-state index in [2.05, 4.69) is 4.74 Å². The first-order valence-corrected chi connectivity index (χ1v) is 4.38. The fourth-order valence-corrected chi connectivity index (χ4v) is 0.992. The Labute approximate surface area is 74.6 Å². The maximum atomic E-state index is 11.2. The second-order valence-corrected chi connectivity index (χ2v) is 3.13. The zero-order valence-electron chi connectivity index (χ0n) is 8.33. The molecule has 0 rings (SSSR count). The fourth-order valence-electron chi connectivity index (χ4n) is 0.992. The molecule has 0 bridgehead atoms. The lowest BCUT2D eigenvalue weighted by molar-refractivity contribution is -0.145. The van der Waals surface area contributed by atoms with Gasteiger partial charge in [0, 0.05) is 0 Å². The van der Waals surface area contributed by atoms with Gasteiger partial charge in [-0.3, -0.25) is 4.79 Å². The average Bonchev–Trinajstić information content (AvgIpc) is 2.04. The number of hydrogen-bond donors (Lipinski definition) is 0. The van der Waals surface area contributed by atoms with Crippen LogP contribution in [0.2, 0.25) is 0 Å². The van der Waals surface area contributed by atoms with E-state index in [0.717, 1.165) is 6.42 Å². The van der Waals surface area contributed by atoms with E-state index in [-0.39, 0.29) is 11.9 Å². The van der Waals surface area contributed by atoms with Gasteiger partial charge in [-0.05, 0) is 12.3 Å². The molecule has 0 aliphatic rings. The van der Waals surface area contributed by atoms with Crippen molar-refractivity contribution in [1.82, 2.24) is 0 Å². The average molecular weight is 170 g/mol. The van der Waals surface area contributed by atoms with E-state index in [0.29, 0.717) is 5.92 Å². The predicted molar refractivity (Wildman–Crippen MR) is 49.8 cm³/mol. The van der Waals surface area contributed by atoms with E-state index in [1.807, 2.05) is 32.9 Å². The minimum Gasteiger partial charge on any atom is -0.469 e. The van der Waals surface area contributed by atoms with Gasteiger partial charge in [0.2, 0.25) is 0 Å². The van der Waals surface area contributed by atoms with Crippen molar-refractivity contribution in [2.45, 2.75) is 27.2 Å². The molecule has 0 fully saturated rings. The molecule has 0 saturated carbocycles. The van der Waals surface area contributed by atoms with Gasteiger partial charge in [0.15, 0.2) is 0 Å². The molecule has 2 nitrogen and oxygen atoms in total. The van der Waals surface area contributed by atoms with Gasteiger partial charge < -0.3 is 4.74 Å². The van der Waals surface area contributed by atoms with Crippen LogP contribution in [0, 0.1) is 11.8 Å². The van der Waals surface area contributed by atoms with Gasteiger partial charge in [0.05, 0.1) is 13.0 Å². The Balaban J connectivity index is 4.23. The van der Waals surface area contributed by atoms with Crippen LogP contribution in [0.3, 0.4) is 0 Å². The zero-order valence-corrected chi connectivity index (χ0v) is 8.33. The molecule has 12 heavy (non-hydrogen) atoms. The summed E-state index contributed by atoms with van der Waals surface area (Å²) in [4.78, 5) is 11.2. The monoisotopic (exact) mass is 170 g/mol. The Kier molecular flexibility index (Phi) is 5.43. The van der Waals surface area contributed by atoms with Gasteiger partial charge in [-0.1, -0.05) is 32.9 Å². The molecule has 0 N–H and O–H groups in total. The summed E-state index contributed by atoms with van der Waals surface area (Å²) in [6.07, 6.45) is 4.89. The second-order valence-electron chi connectivity index (χ2n) is 3.13. The van der Waals surface area contributed by atoms with Crippen LogP contribution in [0.4, 0.5) is 0 Å². The van der Waals surface area contributed by atoms with Crippen LogP contribution in [-0.4, -0.2) is 13.1 Å². The Morgan fingerprint density at radius 3 is 2.42 bits per heavy atom. The van der Waals surface area contributed by atoms with E-state index >= 15 is 0 Å². The van der Waals surface area contributed by atoms with Crippen molar-refractivity contribution in [3.8, 4) is 0 Å². The van der Waals surface area contributed by atoms with Crippen LogP contribution in [0.15, 0.2) is 12.2 Å². The zero-order chi connectivity index (χ0) is 9.56. The van der Waals surface area contributed by atoms with Crippen LogP contribution < -0.4 is 0 Å². The van der Waals surface area contributed by atoms with Crippen LogP contribution >= 0.6 is 0 Å². The molecule has 0 aromatic rings. The standard InChI is InChI=1S/C10H18O2/c1-5-6-7-9(8(2)3)10(11)12-4/h6-9H,5H2,1-4H3. The van der Waals surface area contributed by atoms with Crippen LogP contribution in [0.25, 0.3) is 0 Å². The third-order valence-corrected chi connectivity index (χ3v) is 1.77. The van der Waals surface area contributed by atoms with Crippen molar-refractivity contribution in [3.63, 3.8) is 0 Å². The smallest absolute Gasteiger partial charge is 0.312 e. The molecule has 0 aromatic heterocycles. The van der Waals surface area contributed by atoms with Crippen LogP contribution in [0.1, 0.15) is 27.2 Å². The van der Waals surface area contributed by atoms with Gasteiger partial charge in [0.1, 0.15) is 0 Å². The van der Waals surface area contributed by atoms with E-state index < -0.39 is 0 Å². The number of hydrogen-bond acceptors (Lipinski definition) is 2. The number of rotatable bonds is 4. The highest BCUT2D eigenvalue weighted by Crippen LogP contribution is 2.14. The van der Waals surface area contributed by atoms with Gasteiger partial charge in [0.25, 0.3) is 0 Å². The largest absolute Gasteiger partial charge is 0.469 e. The summed E-state index contributed by atoms with van der Waals surface area (Å²) in [5.74, 6) is 0.0740. The number of ether oxygens (including phenoxy) is 1. The van der Waals surface area contributed by atoms with E-state index in [4.69, 9.17) is 0 Å². The number of methoxy groups -OCH3 is 1. The van der Waals surface area contributed by atoms with Crippen LogP contribution in [0.5, 0.6) is 0 Å². The van der Waals surface area contributed by atoms with Gasteiger partial charge >= 0.3 is 5.97 Å². The molecule has 0 radical (unpaired) electrons. The number of carbonyl (C=O) groups is 1. The summed E-state index contributed by atoms with van der Waals surface area (Å²) >= 11 is 0. The van der Waals surface area contributed by atoms with Crippen molar-refractivity contribution in [1.29, 1.82) is 0 Å². The molecule has 0 amide bonds. The highest BCUT2D eigenvalue weighted by atomic mass is 16.5. The first-order valence-electron chi connectivity index (χ1n) is 4.38. The Hall–Kier alpha value is -0.790. The third kappa shape index (κ3) is 3.56. The van der Waals surface area contributed by atoms with E-state index in [9.17, 15) is 4.79 Å². The highest BCUT2D eigenvalue weighted by molar-refractivity contribution is 5.74. The summed E-state index contributed by atoms with van der Waals surface area (Å²) in [6.45, 7) is 6.08. The lowest BCUT2D eigenvalue weighted by Crippen LogP contribution is -2.19. The third-order valence-electron chi connectivity index (χ3n) is 1.77. The SMILES string of the molecule is CCC=CC(C(=O)OC)C(C)C. The maximum Gasteiger partial charge on any atom is 0.312 e. The first kappa shape index (κ1) is 11.2.